The molecule has 0 atom stereocenters. The van der Waals surface area contributed by atoms with E-state index >= 15 is 0 Å². The predicted octanol–water partition coefficient (Wildman–Crippen LogP) is -0.900. The van der Waals surface area contributed by atoms with Gasteiger partial charge in [0, 0.05) is 52.2 Å². The molecule has 0 radical (unpaired) electrons. The van der Waals surface area contributed by atoms with E-state index in [0.29, 0.717) is 6.54 Å². The van der Waals surface area contributed by atoms with E-state index in [1.165, 1.54) is 0 Å². The van der Waals surface area contributed by atoms with Crippen molar-refractivity contribution in [3.8, 4) is 0 Å². The van der Waals surface area contributed by atoms with Crippen LogP contribution in [0.2, 0.25) is 0 Å². The fourth-order valence-corrected chi connectivity index (χ4v) is 2.66. The number of amides is 2. The van der Waals surface area contributed by atoms with E-state index in [1.54, 1.807) is 6.92 Å². The van der Waals surface area contributed by atoms with Crippen LogP contribution in [-0.2, 0) is 9.59 Å². The summed E-state index contributed by atoms with van der Waals surface area (Å²) in [6, 6.07) is 0.253. The van der Waals surface area contributed by atoms with Crippen molar-refractivity contribution >= 4 is 11.8 Å². The second-order valence-electron chi connectivity index (χ2n) is 5.50. The van der Waals surface area contributed by atoms with Gasteiger partial charge in [0.05, 0.1) is 6.54 Å². The summed E-state index contributed by atoms with van der Waals surface area (Å²) in [4.78, 5) is 29.3. The van der Waals surface area contributed by atoms with E-state index in [9.17, 15) is 9.59 Å². The monoisotopic (exact) mass is 268 g/mol. The lowest BCUT2D eigenvalue weighted by Crippen LogP contribution is -2.52. The number of piperazine rings is 1. The maximum Gasteiger partial charge on any atom is 0.236 e. The van der Waals surface area contributed by atoms with Crippen molar-refractivity contribution in [1.29, 1.82) is 0 Å². The van der Waals surface area contributed by atoms with Gasteiger partial charge in [-0.15, -0.1) is 0 Å². The fourth-order valence-electron chi connectivity index (χ4n) is 2.66. The summed E-state index contributed by atoms with van der Waals surface area (Å²) in [7, 11) is 0. The molecule has 0 aromatic heterocycles. The Bertz CT molecular complexity index is 332. The lowest BCUT2D eigenvalue weighted by molar-refractivity contribution is -0.135. The van der Waals surface area contributed by atoms with Crippen LogP contribution in [0.25, 0.3) is 0 Å². The smallest absolute Gasteiger partial charge is 0.236 e. The summed E-state index contributed by atoms with van der Waals surface area (Å²) < 4.78 is 0. The SMILES string of the molecule is CC(=O)N1CCN(CC(=O)N2CCC(N)CC2)CC1. The summed E-state index contributed by atoms with van der Waals surface area (Å²) in [5.74, 6) is 0.319. The van der Waals surface area contributed by atoms with Crippen molar-refractivity contribution in [1.82, 2.24) is 14.7 Å². The first-order valence-corrected chi connectivity index (χ1v) is 7.07. The van der Waals surface area contributed by atoms with Gasteiger partial charge in [-0.3, -0.25) is 14.5 Å². The van der Waals surface area contributed by atoms with Crippen molar-refractivity contribution in [2.45, 2.75) is 25.8 Å². The van der Waals surface area contributed by atoms with Gasteiger partial charge in [0.1, 0.15) is 0 Å². The molecule has 0 aromatic carbocycles. The third kappa shape index (κ3) is 3.91. The maximum absolute atomic E-state index is 12.2. The van der Waals surface area contributed by atoms with Gasteiger partial charge in [0.15, 0.2) is 0 Å². The molecule has 6 nitrogen and oxygen atoms in total. The molecule has 2 aliphatic rings. The molecule has 6 heteroatoms. The Hall–Kier alpha value is -1.14. The number of hydrogen-bond donors (Lipinski definition) is 1. The second-order valence-corrected chi connectivity index (χ2v) is 5.50. The Morgan fingerprint density at radius 1 is 1.00 bits per heavy atom. The molecule has 0 aliphatic carbocycles. The van der Waals surface area contributed by atoms with Crippen LogP contribution in [0.15, 0.2) is 0 Å². The van der Waals surface area contributed by atoms with Crippen molar-refractivity contribution in [3.63, 3.8) is 0 Å². The highest BCUT2D eigenvalue weighted by Crippen LogP contribution is 2.09. The third-order valence-electron chi connectivity index (χ3n) is 4.07. The number of rotatable bonds is 2. The molecule has 0 bridgehead atoms. The topological polar surface area (TPSA) is 69.9 Å². The highest BCUT2D eigenvalue weighted by Gasteiger charge is 2.24. The Morgan fingerprint density at radius 2 is 1.58 bits per heavy atom. The van der Waals surface area contributed by atoms with Crippen molar-refractivity contribution in [2.75, 3.05) is 45.8 Å². The molecular formula is C13H24N4O2. The maximum atomic E-state index is 12.2. The second kappa shape index (κ2) is 6.34. The zero-order valence-electron chi connectivity index (χ0n) is 11.7. The Balaban J connectivity index is 1.73. The van der Waals surface area contributed by atoms with Gasteiger partial charge in [0.25, 0.3) is 0 Å². The number of nitrogens with two attached hydrogens (primary N) is 1. The van der Waals surface area contributed by atoms with Crippen molar-refractivity contribution < 1.29 is 9.59 Å². The number of carbonyl (C=O) groups is 2. The van der Waals surface area contributed by atoms with Gasteiger partial charge < -0.3 is 15.5 Å². The van der Waals surface area contributed by atoms with Crippen molar-refractivity contribution in [3.05, 3.63) is 0 Å². The van der Waals surface area contributed by atoms with Gasteiger partial charge in [-0.1, -0.05) is 0 Å². The Labute approximate surface area is 114 Å². The first-order chi connectivity index (χ1) is 9.06. The summed E-state index contributed by atoms with van der Waals surface area (Å²) in [6.07, 6.45) is 1.81. The highest BCUT2D eigenvalue weighted by molar-refractivity contribution is 5.78. The molecule has 0 spiro atoms. The standard InChI is InChI=1S/C13H24N4O2/c1-11(18)16-8-6-15(7-9-16)10-13(19)17-4-2-12(14)3-5-17/h12H,2-10,14H2,1H3. The lowest BCUT2D eigenvalue weighted by atomic mass is 10.1. The minimum Gasteiger partial charge on any atom is -0.341 e. The lowest BCUT2D eigenvalue weighted by Gasteiger charge is -2.36. The molecule has 2 saturated heterocycles. The van der Waals surface area contributed by atoms with Crippen LogP contribution in [0.4, 0.5) is 0 Å². The number of carbonyl (C=O) groups excluding carboxylic acids is 2. The molecule has 108 valence electrons. The summed E-state index contributed by atoms with van der Waals surface area (Å²) in [5.41, 5.74) is 5.84. The molecule has 2 N–H and O–H groups in total. The van der Waals surface area contributed by atoms with Crippen LogP contribution in [0.5, 0.6) is 0 Å². The third-order valence-corrected chi connectivity index (χ3v) is 4.07. The highest BCUT2D eigenvalue weighted by atomic mass is 16.2. The number of hydrogen-bond acceptors (Lipinski definition) is 4. The average Bonchev–Trinajstić information content (AvgIpc) is 2.40. The Morgan fingerprint density at radius 3 is 2.11 bits per heavy atom. The van der Waals surface area contributed by atoms with Crippen LogP contribution in [0.1, 0.15) is 19.8 Å². The first kappa shape index (κ1) is 14.3. The van der Waals surface area contributed by atoms with Gasteiger partial charge >= 0.3 is 0 Å². The number of nitrogens with zero attached hydrogens (tertiary/aromatic N) is 3. The van der Waals surface area contributed by atoms with Gasteiger partial charge in [-0.05, 0) is 12.8 Å². The van der Waals surface area contributed by atoms with E-state index in [0.717, 1.165) is 52.1 Å². The van der Waals surface area contributed by atoms with E-state index in [1.807, 2.05) is 9.80 Å². The molecule has 19 heavy (non-hydrogen) atoms. The van der Waals surface area contributed by atoms with Crippen LogP contribution in [-0.4, -0.2) is 78.4 Å². The summed E-state index contributed by atoms with van der Waals surface area (Å²) in [5, 5.41) is 0. The van der Waals surface area contributed by atoms with Gasteiger partial charge in [-0.2, -0.15) is 0 Å². The predicted molar refractivity (Wildman–Crippen MR) is 72.5 cm³/mol. The van der Waals surface area contributed by atoms with Crippen LogP contribution >= 0.6 is 0 Å². The van der Waals surface area contributed by atoms with Gasteiger partial charge in [-0.25, -0.2) is 0 Å². The van der Waals surface area contributed by atoms with Crippen LogP contribution in [0, 0.1) is 0 Å². The molecule has 2 fully saturated rings. The van der Waals surface area contributed by atoms with E-state index < -0.39 is 0 Å². The number of likely N-dealkylation sites (tertiary alicyclic amines) is 1. The van der Waals surface area contributed by atoms with E-state index in [-0.39, 0.29) is 17.9 Å². The molecule has 2 amide bonds. The molecule has 0 saturated carbocycles. The quantitative estimate of drug-likeness (QED) is 0.705. The fraction of sp³-hybridized carbons (Fsp3) is 0.846. The zero-order chi connectivity index (χ0) is 13.8. The normalized spacial score (nSPS) is 22.6. The van der Waals surface area contributed by atoms with Crippen LogP contribution in [0.3, 0.4) is 0 Å². The molecular weight excluding hydrogens is 244 g/mol. The number of piperidine rings is 1. The minimum absolute atomic E-state index is 0.121. The largest absolute Gasteiger partial charge is 0.341 e. The molecule has 2 rings (SSSR count). The zero-order valence-corrected chi connectivity index (χ0v) is 11.7. The average molecular weight is 268 g/mol. The van der Waals surface area contributed by atoms with Gasteiger partial charge in [0.2, 0.25) is 11.8 Å². The van der Waals surface area contributed by atoms with E-state index in [2.05, 4.69) is 4.90 Å². The van der Waals surface area contributed by atoms with E-state index in [4.69, 9.17) is 5.73 Å². The molecule has 2 heterocycles. The van der Waals surface area contributed by atoms with Crippen LogP contribution < -0.4 is 5.73 Å². The van der Waals surface area contributed by atoms with Crippen molar-refractivity contribution in [2.24, 2.45) is 5.73 Å². The minimum atomic E-state index is 0.121. The summed E-state index contributed by atoms with van der Waals surface area (Å²) in [6.45, 7) is 6.68. The molecule has 0 unspecified atom stereocenters. The molecule has 0 aromatic rings. The summed E-state index contributed by atoms with van der Waals surface area (Å²) >= 11 is 0. The molecule has 2 aliphatic heterocycles. The first-order valence-electron chi connectivity index (χ1n) is 7.07. The Kier molecular flexibility index (Phi) is 4.76.